The summed E-state index contributed by atoms with van der Waals surface area (Å²) in [5, 5.41) is 6.68. The van der Waals surface area contributed by atoms with Gasteiger partial charge in [-0.2, -0.15) is 5.10 Å². The summed E-state index contributed by atoms with van der Waals surface area (Å²) in [6, 6.07) is 10.3. The number of aromatic amines is 1. The van der Waals surface area contributed by atoms with Crippen molar-refractivity contribution in [1.29, 1.82) is 0 Å². The van der Waals surface area contributed by atoms with Crippen molar-refractivity contribution in [2.45, 2.75) is 32.1 Å². The minimum absolute atomic E-state index is 0.0652. The van der Waals surface area contributed by atoms with E-state index in [1.54, 1.807) is 58.3 Å². The molecule has 0 saturated heterocycles. The molecule has 4 rings (SSSR count). The molecule has 0 amide bonds. The summed E-state index contributed by atoms with van der Waals surface area (Å²) in [5.74, 6) is 1.34. The second kappa shape index (κ2) is 8.90. The Balaban J connectivity index is 1.83. The van der Waals surface area contributed by atoms with Crippen LogP contribution < -0.4 is 19.9 Å². The van der Waals surface area contributed by atoms with Crippen molar-refractivity contribution in [2.24, 2.45) is 14.1 Å². The molecule has 0 spiro atoms. The molecule has 0 aliphatic carbocycles. The smallest absolute Gasteiger partial charge is 0.328 e. The van der Waals surface area contributed by atoms with E-state index < -0.39 is 10.0 Å². The normalized spacial score (nSPS) is 11.7. The number of benzene rings is 2. The molecule has 0 saturated carbocycles. The van der Waals surface area contributed by atoms with Gasteiger partial charge in [0, 0.05) is 26.2 Å². The van der Waals surface area contributed by atoms with Crippen LogP contribution in [0.15, 0.2) is 46.1 Å². The van der Waals surface area contributed by atoms with Gasteiger partial charge in [-0.1, -0.05) is 13.0 Å². The Labute approximate surface area is 197 Å². The quantitative estimate of drug-likeness (QED) is 0.393. The second-order valence-electron chi connectivity index (χ2n) is 8.03. The van der Waals surface area contributed by atoms with E-state index in [0.717, 1.165) is 6.42 Å². The molecule has 0 aliphatic heterocycles. The lowest BCUT2D eigenvalue weighted by Crippen LogP contribution is -2.19. The number of rotatable bonds is 8. The van der Waals surface area contributed by atoms with E-state index in [0.29, 0.717) is 40.5 Å². The molecule has 0 radical (unpaired) electrons. The van der Waals surface area contributed by atoms with Crippen LogP contribution in [0, 0.1) is 13.8 Å². The highest BCUT2D eigenvalue weighted by atomic mass is 32.2. The fraction of sp³-hybridized carbons (Fsp3) is 0.304. The number of ether oxygens (including phenoxy) is 2. The van der Waals surface area contributed by atoms with Crippen molar-refractivity contribution < 1.29 is 17.9 Å². The van der Waals surface area contributed by atoms with Gasteiger partial charge in [0.25, 0.3) is 10.0 Å². The predicted octanol–water partition coefficient (Wildman–Crippen LogP) is 3.60. The lowest BCUT2D eigenvalue weighted by atomic mass is 10.2. The Bertz CT molecular complexity index is 1510. The van der Waals surface area contributed by atoms with E-state index in [-0.39, 0.29) is 22.0 Å². The zero-order chi connectivity index (χ0) is 24.6. The lowest BCUT2D eigenvalue weighted by Gasteiger charge is -2.15. The van der Waals surface area contributed by atoms with Crippen molar-refractivity contribution in [3.05, 3.63) is 58.3 Å². The first-order valence-electron chi connectivity index (χ1n) is 10.8. The first-order valence-corrected chi connectivity index (χ1v) is 12.2. The molecule has 2 aromatic heterocycles. The number of anilines is 1. The monoisotopic (exact) mass is 485 g/mol. The average molecular weight is 486 g/mol. The Morgan fingerprint density at radius 1 is 1.06 bits per heavy atom. The Hall–Kier alpha value is -3.73. The van der Waals surface area contributed by atoms with Gasteiger partial charge in [-0.05, 0) is 38.5 Å². The standard InChI is InChI=1S/C23H27N5O5S/c1-6-10-32-16-8-7-9-17(11-16)33-21-13-20-19(27(4)23(29)28(20)5)12-18(21)26-34(30,31)22-14(2)24-25-15(22)3/h7-9,11-13,26H,6,10H2,1-5H3,(H,24,25). The zero-order valence-electron chi connectivity index (χ0n) is 19.7. The number of nitrogens with zero attached hydrogens (tertiary/aromatic N) is 3. The SMILES string of the molecule is CCCOc1cccc(Oc2cc3c(cc2NS(=O)(=O)c2c(C)n[nH]c2C)n(C)c(=O)n3C)c1. The average Bonchev–Trinajstić information content (AvgIpc) is 3.24. The summed E-state index contributed by atoms with van der Waals surface area (Å²) in [4.78, 5) is 12.6. The molecule has 2 N–H and O–H groups in total. The number of hydrogen-bond acceptors (Lipinski definition) is 6. The topological polar surface area (TPSA) is 120 Å². The molecule has 4 aromatic rings. The molecule has 10 nitrogen and oxygen atoms in total. The van der Waals surface area contributed by atoms with Crippen molar-refractivity contribution in [1.82, 2.24) is 19.3 Å². The van der Waals surface area contributed by atoms with E-state index in [9.17, 15) is 13.2 Å². The molecule has 180 valence electrons. The van der Waals surface area contributed by atoms with Crippen LogP contribution in [0.3, 0.4) is 0 Å². The summed E-state index contributed by atoms with van der Waals surface area (Å²) in [7, 11) is -0.718. The number of fused-ring (bicyclic) bond motifs is 1. The number of H-pyrrole nitrogens is 1. The lowest BCUT2D eigenvalue weighted by molar-refractivity contribution is 0.316. The summed E-state index contributed by atoms with van der Waals surface area (Å²) in [6.07, 6.45) is 0.864. The van der Waals surface area contributed by atoms with Gasteiger partial charge < -0.3 is 9.47 Å². The van der Waals surface area contributed by atoms with E-state index in [1.807, 2.05) is 13.0 Å². The van der Waals surface area contributed by atoms with Gasteiger partial charge in [0.05, 0.1) is 34.7 Å². The highest BCUT2D eigenvalue weighted by molar-refractivity contribution is 7.92. The molecule has 2 heterocycles. The van der Waals surface area contributed by atoms with Gasteiger partial charge in [0.2, 0.25) is 0 Å². The molecular weight excluding hydrogens is 458 g/mol. The van der Waals surface area contributed by atoms with Crippen molar-refractivity contribution >= 4 is 26.7 Å². The third-order valence-electron chi connectivity index (χ3n) is 5.45. The van der Waals surface area contributed by atoms with E-state index in [4.69, 9.17) is 9.47 Å². The Kier molecular flexibility index (Phi) is 6.13. The summed E-state index contributed by atoms with van der Waals surface area (Å²) < 4.78 is 43.8. The van der Waals surface area contributed by atoms with E-state index in [2.05, 4.69) is 14.9 Å². The number of imidazole rings is 1. The van der Waals surface area contributed by atoms with Crippen LogP contribution in [0.25, 0.3) is 11.0 Å². The van der Waals surface area contributed by atoms with Gasteiger partial charge in [0.15, 0.2) is 5.75 Å². The van der Waals surface area contributed by atoms with Crippen molar-refractivity contribution in [3.8, 4) is 17.2 Å². The number of aromatic nitrogens is 4. The number of nitrogens with one attached hydrogen (secondary N) is 2. The zero-order valence-corrected chi connectivity index (χ0v) is 20.5. The first-order chi connectivity index (χ1) is 16.1. The Morgan fingerprint density at radius 2 is 1.74 bits per heavy atom. The molecule has 11 heteroatoms. The first kappa shape index (κ1) is 23.4. The van der Waals surface area contributed by atoms with Gasteiger partial charge in [-0.15, -0.1) is 0 Å². The number of sulfonamides is 1. The molecule has 0 aliphatic rings. The maximum absolute atomic E-state index is 13.3. The maximum atomic E-state index is 13.3. The van der Waals surface area contributed by atoms with Crippen LogP contribution in [0.2, 0.25) is 0 Å². The van der Waals surface area contributed by atoms with Crippen LogP contribution >= 0.6 is 0 Å². The summed E-state index contributed by atoms with van der Waals surface area (Å²) >= 11 is 0. The highest BCUT2D eigenvalue weighted by Crippen LogP contribution is 2.36. The van der Waals surface area contributed by atoms with Gasteiger partial charge in [-0.3, -0.25) is 19.0 Å². The van der Waals surface area contributed by atoms with Crippen LogP contribution in [0.1, 0.15) is 24.7 Å². The van der Waals surface area contributed by atoms with Crippen LogP contribution in [0.4, 0.5) is 5.69 Å². The van der Waals surface area contributed by atoms with Crippen LogP contribution in [-0.4, -0.2) is 34.4 Å². The Morgan fingerprint density at radius 3 is 2.38 bits per heavy atom. The predicted molar refractivity (Wildman–Crippen MR) is 129 cm³/mol. The van der Waals surface area contributed by atoms with Gasteiger partial charge in [-0.25, -0.2) is 13.2 Å². The summed E-state index contributed by atoms with van der Waals surface area (Å²) in [6.45, 7) is 5.83. The van der Waals surface area contributed by atoms with Crippen LogP contribution in [0.5, 0.6) is 17.2 Å². The molecule has 0 unspecified atom stereocenters. The number of aryl methyl sites for hydroxylation is 4. The maximum Gasteiger partial charge on any atom is 0.328 e. The summed E-state index contributed by atoms with van der Waals surface area (Å²) in [5.41, 5.74) is 1.87. The van der Waals surface area contributed by atoms with Crippen molar-refractivity contribution in [2.75, 3.05) is 11.3 Å². The van der Waals surface area contributed by atoms with Gasteiger partial charge in [0.1, 0.15) is 16.4 Å². The largest absolute Gasteiger partial charge is 0.493 e. The highest BCUT2D eigenvalue weighted by Gasteiger charge is 2.25. The molecule has 0 bridgehead atoms. The minimum atomic E-state index is -3.99. The minimum Gasteiger partial charge on any atom is -0.493 e. The number of hydrogen-bond donors (Lipinski definition) is 2. The van der Waals surface area contributed by atoms with E-state index >= 15 is 0 Å². The fourth-order valence-electron chi connectivity index (χ4n) is 3.80. The fourth-order valence-corrected chi connectivity index (χ4v) is 5.23. The third-order valence-corrected chi connectivity index (χ3v) is 7.08. The van der Waals surface area contributed by atoms with E-state index in [1.165, 1.54) is 9.13 Å². The molecule has 2 aromatic carbocycles. The molecule has 0 fully saturated rings. The second-order valence-corrected chi connectivity index (χ2v) is 9.65. The molecular formula is C23H27N5O5S. The molecule has 0 atom stereocenters. The third kappa shape index (κ3) is 4.26. The van der Waals surface area contributed by atoms with Gasteiger partial charge >= 0.3 is 5.69 Å². The van der Waals surface area contributed by atoms with Crippen molar-refractivity contribution in [3.63, 3.8) is 0 Å². The molecule has 34 heavy (non-hydrogen) atoms. The van der Waals surface area contributed by atoms with Crippen LogP contribution in [-0.2, 0) is 24.1 Å².